The smallest absolute Gasteiger partial charge is 0.147 e. The van der Waals surface area contributed by atoms with E-state index in [4.69, 9.17) is 0 Å². The second-order valence-corrected chi connectivity index (χ2v) is 7.00. The number of thioether (sulfide) groups is 1. The van der Waals surface area contributed by atoms with Gasteiger partial charge in [-0.25, -0.2) is 0 Å². The largest absolute Gasteiger partial charge is 0.314 e. The Labute approximate surface area is 128 Å². The van der Waals surface area contributed by atoms with Crippen molar-refractivity contribution >= 4 is 23.1 Å². The number of benzene rings is 1. The highest BCUT2D eigenvalue weighted by Gasteiger charge is 2.19. The van der Waals surface area contributed by atoms with Gasteiger partial charge in [0.1, 0.15) is 10.0 Å². The van der Waals surface area contributed by atoms with Gasteiger partial charge in [0.15, 0.2) is 0 Å². The monoisotopic (exact) mass is 305 g/mol. The van der Waals surface area contributed by atoms with Gasteiger partial charge >= 0.3 is 0 Å². The van der Waals surface area contributed by atoms with Crippen LogP contribution in [0.2, 0.25) is 0 Å². The SMILES string of the molecule is CSc1ccc(-c2nnc(CCCNC3CC3)s2)cc1. The summed E-state index contributed by atoms with van der Waals surface area (Å²) in [6.07, 6.45) is 6.98. The topological polar surface area (TPSA) is 37.8 Å². The third kappa shape index (κ3) is 3.81. The summed E-state index contributed by atoms with van der Waals surface area (Å²) in [5.41, 5.74) is 1.17. The molecule has 1 aliphatic carbocycles. The molecular weight excluding hydrogens is 286 g/mol. The predicted molar refractivity (Wildman–Crippen MR) is 86.5 cm³/mol. The molecule has 0 spiro atoms. The first-order valence-electron chi connectivity index (χ1n) is 7.05. The molecule has 20 heavy (non-hydrogen) atoms. The second-order valence-electron chi connectivity index (χ2n) is 5.06. The Balaban J connectivity index is 1.54. The van der Waals surface area contributed by atoms with Gasteiger partial charge in [-0.1, -0.05) is 23.5 Å². The molecule has 3 rings (SSSR count). The maximum absolute atomic E-state index is 4.31. The van der Waals surface area contributed by atoms with Gasteiger partial charge in [-0.05, 0) is 44.2 Å². The second kappa shape index (κ2) is 6.70. The summed E-state index contributed by atoms with van der Waals surface area (Å²) in [6.45, 7) is 1.10. The molecule has 5 heteroatoms. The fourth-order valence-electron chi connectivity index (χ4n) is 2.04. The van der Waals surface area contributed by atoms with E-state index in [1.165, 1.54) is 23.3 Å². The summed E-state index contributed by atoms with van der Waals surface area (Å²) >= 11 is 3.48. The quantitative estimate of drug-likeness (QED) is 0.626. The molecule has 0 saturated heterocycles. The van der Waals surface area contributed by atoms with Gasteiger partial charge in [0.25, 0.3) is 0 Å². The van der Waals surface area contributed by atoms with Crippen molar-refractivity contribution in [3.8, 4) is 10.6 Å². The van der Waals surface area contributed by atoms with Crippen LogP contribution in [0.25, 0.3) is 10.6 Å². The van der Waals surface area contributed by atoms with Gasteiger partial charge in [0.2, 0.25) is 0 Å². The minimum absolute atomic E-state index is 0.801. The van der Waals surface area contributed by atoms with E-state index in [1.54, 1.807) is 23.1 Å². The van der Waals surface area contributed by atoms with Gasteiger partial charge in [-0.15, -0.1) is 22.0 Å². The molecule has 0 unspecified atom stereocenters. The Kier molecular flexibility index (Phi) is 4.70. The zero-order valence-electron chi connectivity index (χ0n) is 11.6. The van der Waals surface area contributed by atoms with Crippen molar-refractivity contribution in [1.29, 1.82) is 0 Å². The number of nitrogens with one attached hydrogen (secondary N) is 1. The van der Waals surface area contributed by atoms with Crippen molar-refractivity contribution in [2.45, 2.75) is 36.6 Å². The zero-order valence-corrected chi connectivity index (χ0v) is 13.3. The van der Waals surface area contributed by atoms with E-state index in [2.05, 4.69) is 46.0 Å². The van der Waals surface area contributed by atoms with Crippen LogP contribution in [-0.2, 0) is 6.42 Å². The highest BCUT2D eigenvalue weighted by molar-refractivity contribution is 7.98. The van der Waals surface area contributed by atoms with Crippen molar-refractivity contribution < 1.29 is 0 Å². The molecule has 1 aliphatic rings. The van der Waals surface area contributed by atoms with Crippen molar-refractivity contribution in [1.82, 2.24) is 15.5 Å². The van der Waals surface area contributed by atoms with E-state index in [1.807, 2.05) is 0 Å². The van der Waals surface area contributed by atoms with Crippen LogP contribution in [0.5, 0.6) is 0 Å². The van der Waals surface area contributed by atoms with Crippen LogP contribution in [0.4, 0.5) is 0 Å². The average molecular weight is 305 g/mol. The lowest BCUT2D eigenvalue weighted by Gasteiger charge is -1.99. The highest BCUT2D eigenvalue weighted by atomic mass is 32.2. The number of hydrogen-bond donors (Lipinski definition) is 1. The summed E-state index contributed by atoms with van der Waals surface area (Å²) < 4.78 is 0. The minimum Gasteiger partial charge on any atom is -0.314 e. The fourth-order valence-corrected chi connectivity index (χ4v) is 3.33. The first-order valence-corrected chi connectivity index (χ1v) is 9.09. The number of aromatic nitrogens is 2. The highest BCUT2D eigenvalue weighted by Crippen LogP contribution is 2.26. The zero-order chi connectivity index (χ0) is 13.8. The summed E-state index contributed by atoms with van der Waals surface area (Å²) in [5.74, 6) is 0. The standard InChI is InChI=1S/C15H19N3S2/c1-19-13-8-4-11(5-9-13)15-18-17-14(20-15)3-2-10-16-12-6-7-12/h4-5,8-9,12,16H,2-3,6-7,10H2,1H3. The van der Waals surface area contributed by atoms with Crippen LogP contribution >= 0.6 is 23.1 Å². The van der Waals surface area contributed by atoms with E-state index in [-0.39, 0.29) is 0 Å². The first kappa shape index (κ1) is 14.0. The van der Waals surface area contributed by atoms with E-state index < -0.39 is 0 Å². The molecule has 1 aromatic carbocycles. The first-order chi connectivity index (χ1) is 9.85. The Morgan fingerprint density at radius 2 is 2.05 bits per heavy atom. The van der Waals surface area contributed by atoms with Gasteiger partial charge in [0, 0.05) is 22.9 Å². The molecular formula is C15H19N3S2. The van der Waals surface area contributed by atoms with Gasteiger partial charge in [0.05, 0.1) is 0 Å². The Morgan fingerprint density at radius 1 is 1.25 bits per heavy atom. The summed E-state index contributed by atoms with van der Waals surface area (Å²) in [7, 11) is 0. The van der Waals surface area contributed by atoms with E-state index in [9.17, 15) is 0 Å². The minimum atomic E-state index is 0.801. The Morgan fingerprint density at radius 3 is 2.75 bits per heavy atom. The number of aryl methyl sites for hydroxylation is 1. The summed E-state index contributed by atoms with van der Waals surface area (Å²) in [5, 5.41) is 14.3. The fraction of sp³-hybridized carbons (Fsp3) is 0.467. The van der Waals surface area contributed by atoms with Crippen LogP contribution < -0.4 is 5.32 Å². The van der Waals surface area contributed by atoms with Crippen LogP contribution in [0.3, 0.4) is 0 Å². The molecule has 3 nitrogen and oxygen atoms in total. The van der Waals surface area contributed by atoms with Crippen LogP contribution in [-0.4, -0.2) is 29.0 Å². The predicted octanol–water partition coefficient (Wildman–Crippen LogP) is 3.61. The molecule has 1 saturated carbocycles. The molecule has 1 fully saturated rings. The molecule has 0 radical (unpaired) electrons. The number of nitrogens with zero attached hydrogens (tertiary/aromatic N) is 2. The maximum Gasteiger partial charge on any atom is 0.147 e. The van der Waals surface area contributed by atoms with Crippen molar-refractivity contribution in [3.05, 3.63) is 29.3 Å². The van der Waals surface area contributed by atoms with Gasteiger partial charge < -0.3 is 5.32 Å². The molecule has 0 aliphatic heterocycles. The van der Waals surface area contributed by atoms with Crippen LogP contribution in [0, 0.1) is 0 Å². The van der Waals surface area contributed by atoms with Gasteiger partial charge in [-0.2, -0.15) is 0 Å². The lowest BCUT2D eigenvalue weighted by Crippen LogP contribution is -2.17. The number of hydrogen-bond acceptors (Lipinski definition) is 5. The van der Waals surface area contributed by atoms with Crippen molar-refractivity contribution in [2.75, 3.05) is 12.8 Å². The summed E-state index contributed by atoms with van der Waals surface area (Å²) in [4.78, 5) is 1.28. The average Bonchev–Trinajstić information content (AvgIpc) is 3.20. The van der Waals surface area contributed by atoms with Crippen LogP contribution in [0.15, 0.2) is 29.2 Å². The molecule has 1 N–H and O–H groups in total. The van der Waals surface area contributed by atoms with Crippen molar-refractivity contribution in [3.63, 3.8) is 0 Å². The lowest BCUT2D eigenvalue weighted by molar-refractivity contribution is 0.643. The normalized spacial score (nSPS) is 14.7. The van der Waals surface area contributed by atoms with E-state index >= 15 is 0 Å². The molecule has 0 bridgehead atoms. The number of rotatable bonds is 7. The molecule has 1 aromatic heterocycles. The van der Waals surface area contributed by atoms with Gasteiger partial charge in [-0.3, -0.25) is 0 Å². The molecule has 0 atom stereocenters. The lowest BCUT2D eigenvalue weighted by atomic mass is 10.2. The third-order valence-electron chi connectivity index (χ3n) is 3.38. The van der Waals surface area contributed by atoms with E-state index in [0.717, 1.165) is 35.4 Å². The summed E-state index contributed by atoms with van der Waals surface area (Å²) in [6, 6.07) is 9.34. The van der Waals surface area contributed by atoms with Crippen molar-refractivity contribution in [2.24, 2.45) is 0 Å². The Bertz CT molecular complexity index is 547. The molecule has 0 amide bonds. The third-order valence-corrected chi connectivity index (χ3v) is 5.16. The molecule has 106 valence electrons. The Hall–Kier alpha value is -0.910. The van der Waals surface area contributed by atoms with Crippen LogP contribution in [0.1, 0.15) is 24.3 Å². The molecule has 1 heterocycles. The molecule has 2 aromatic rings. The maximum atomic E-state index is 4.31. The van der Waals surface area contributed by atoms with E-state index in [0.29, 0.717) is 0 Å².